The third-order valence-corrected chi connectivity index (χ3v) is 2.21. The van der Waals surface area contributed by atoms with Gasteiger partial charge in [-0.2, -0.15) is 0 Å². The number of nitrogens with zero attached hydrogens (tertiary/aromatic N) is 2. The third kappa shape index (κ3) is 9.06. The molecule has 0 aromatic heterocycles. The lowest BCUT2D eigenvalue weighted by molar-refractivity contribution is -0.0161. The summed E-state index contributed by atoms with van der Waals surface area (Å²) in [6.07, 6.45) is -0.247. The van der Waals surface area contributed by atoms with Gasteiger partial charge in [-0.3, -0.25) is 0 Å². The Bertz CT molecular complexity index is 165. The summed E-state index contributed by atoms with van der Waals surface area (Å²) in [7, 11) is 7.92. The lowest BCUT2D eigenvalue weighted by Crippen LogP contribution is -2.34. The van der Waals surface area contributed by atoms with Crippen LogP contribution in [0.3, 0.4) is 0 Å². The Morgan fingerprint density at radius 3 is 2.19 bits per heavy atom. The minimum Gasteiger partial charge on any atom is -0.394 e. The van der Waals surface area contributed by atoms with Gasteiger partial charge in [-0.15, -0.1) is 0 Å². The zero-order valence-corrected chi connectivity index (χ0v) is 10.9. The second-order valence-corrected chi connectivity index (χ2v) is 4.63. The van der Waals surface area contributed by atoms with Crippen molar-refractivity contribution in [2.75, 3.05) is 54.5 Å². The topological polar surface area (TPSA) is 56.2 Å². The van der Waals surface area contributed by atoms with Crippen LogP contribution in [-0.4, -0.2) is 86.7 Å². The van der Waals surface area contributed by atoms with Gasteiger partial charge in [0, 0.05) is 19.5 Å². The van der Waals surface area contributed by atoms with Gasteiger partial charge in [-0.25, -0.2) is 0 Å². The molecule has 0 aromatic carbocycles. The SMILES string of the molecule is CN(C)CCOC(CC(O)CO)CN(C)C. The lowest BCUT2D eigenvalue weighted by Gasteiger charge is -2.24. The van der Waals surface area contributed by atoms with Gasteiger partial charge < -0.3 is 24.7 Å². The number of aliphatic hydroxyl groups excluding tert-OH is 2. The van der Waals surface area contributed by atoms with E-state index in [1.807, 2.05) is 33.1 Å². The second-order valence-electron chi connectivity index (χ2n) is 4.63. The highest BCUT2D eigenvalue weighted by Gasteiger charge is 2.15. The standard InChI is InChI=1S/C11H26N2O3/c1-12(2)5-6-16-11(8-13(3)4)7-10(15)9-14/h10-11,14-15H,5-9H2,1-4H3. The number of rotatable bonds is 9. The minimum absolute atomic E-state index is 0.0305. The van der Waals surface area contributed by atoms with Crippen molar-refractivity contribution >= 4 is 0 Å². The van der Waals surface area contributed by atoms with Gasteiger partial charge in [0.2, 0.25) is 0 Å². The van der Waals surface area contributed by atoms with Crippen LogP contribution >= 0.6 is 0 Å². The fourth-order valence-corrected chi connectivity index (χ4v) is 1.38. The Morgan fingerprint density at radius 2 is 1.75 bits per heavy atom. The zero-order valence-electron chi connectivity index (χ0n) is 10.9. The maximum Gasteiger partial charge on any atom is 0.0796 e. The molecule has 0 spiro atoms. The first-order valence-corrected chi connectivity index (χ1v) is 5.65. The van der Waals surface area contributed by atoms with Gasteiger partial charge in [0.25, 0.3) is 0 Å². The summed E-state index contributed by atoms with van der Waals surface area (Å²) in [5, 5.41) is 18.2. The first kappa shape index (κ1) is 15.8. The van der Waals surface area contributed by atoms with E-state index in [-0.39, 0.29) is 12.7 Å². The van der Waals surface area contributed by atoms with E-state index in [4.69, 9.17) is 9.84 Å². The quantitative estimate of drug-likeness (QED) is 0.549. The first-order chi connectivity index (χ1) is 7.45. The van der Waals surface area contributed by atoms with Crippen LogP contribution in [0.1, 0.15) is 6.42 Å². The zero-order chi connectivity index (χ0) is 12.6. The van der Waals surface area contributed by atoms with E-state index in [1.54, 1.807) is 0 Å². The Balaban J connectivity index is 3.90. The Labute approximate surface area is 98.6 Å². The molecule has 98 valence electrons. The molecule has 0 aliphatic heterocycles. The largest absolute Gasteiger partial charge is 0.394 e. The summed E-state index contributed by atoms with van der Waals surface area (Å²) in [4.78, 5) is 4.07. The van der Waals surface area contributed by atoms with Crippen molar-refractivity contribution in [2.45, 2.75) is 18.6 Å². The average molecular weight is 234 g/mol. The van der Waals surface area contributed by atoms with Crippen LogP contribution < -0.4 is 0 Å². The maximum absolute atomic E-state index is 9.39. The molecule has 16 heavy (non-hydrogen) atoms. The normalized spacial score (nSPS) is 15.8. The van der Waals surface area contributed by atoms with Crippen molar-refractivity contribution in [1.29, 1.82) is 0 Å². The Kier molecular flexibility index (Phi) is 8.78. The van der Waals surface area contributed by atoms with Crippen LogP contribution in [0.15, 0.2) is 0 Å². The molecule has 0 heterocycles. The molecule has 5 heteroatoms. The van der Waals surface area contributed by atoms with Crippen molar-refractivity contribution in [3.8, 4) is 0 Å². The van der Waals surface area contributed by atoms with E-state index in [1.165, 1.54) is 0 Å². The maximum atomic E-state index is 9.39. The number of hydrogen-bond donors (Lipinski definition) is 2. The molecule has 0 aliphatic carbocycles. The predicted molar refractivity (Wildman–Crippen MR) is 64.6 cm³/mol. The number of hydrogen-bond acceptors (Lipinski definition) is 5. The van der Waals surface area contributed by atoms with Crippen LogP contribution in [0.4, 0.5) is 0 Å². The monoisotopic (exact) mass is 234 g/mol. The fraction of sp³-hybridized carbons (Fsp3) is 1.00. The summed E-state index contributed by atoms with van der Waals surface area (Å²) >= 11 is 0. The van der Waals surface area contributed by atoms with Crippen molar-refractivity contribution in [2.24, 2.45) is 0 Å². The van der Waals surface area contributed by atoms with Gasteiger partial charge in [-0.1, -0.05) is 0 Å². The summed E-state index contributed by atoms with van der Waals surface area (Å²) in [5.74, 6) is 0. The smallest absolute Gasteiger partial charge is 0.0796 e. The first-order valence-electron chi connectivity index (χ1n) is 5.65. The molecule has 0 fully saturated rings. The highest BCUT2D eigenvalue weighted by atomic mass is 16.5. The minimum atomic E-state index is -0.690. The van der Waals surface area contributed by atoms with Gasteiger partial charge in [0.05, 0.1) is 25.4 Å². The molecule has 2 atom stereocenters. The van der Waals surface area contributed by atoms with Crippen LogP contribution in [0.5, 0.6) is 0 Å². The van der Waals surface area contributed by atoms with Crippen LogP contribution in [0, 0.1) is 0 Å². The molecular weight excluding hydrogens is 208 g/mol. The van der Waals surface area contributed by atoms with E-state index >= 15 is 0 Å². The molecule has 0 rings (SSSR count). The Hall–Kier alpha value is -0.200. The van der Waals surface area contributed by atoms with E-state index in [0.29, 0.717) is 13.0 Å². The van der Waals surface area contributed by atoms with E-state index < -0.39 is 6.10 Å². The van der Waals surface area contributed by atoms with Crippen molar-refractivity contribution < 1.29 is 14.9 Å². The van der Waals surface area contributed by atoms with Crippen molar-refractivity contribution in [1.82, 2.24) is 9.80 Å². The number of aliphatic hydroxyl groups is 2. The van der Waals surface area contributed by atoms with Crippen LogP contribution in [0.2, 0.25) is 0 Å². The van der Waals surface area contributed by atoms with Gasteiger partial charge in [-0.05, 0) is 28.2 Å². The van der Waals surface area contributed by atoms with E-state index in [0.717, 1.165) is 13.1 Å². The lowest BCUT2D eigenvalue weighted by atomic mass is 10.1. The number of ether oxygens (including phenoxy) is 1. The van der Waals surface area contributed by atoms with Gasteiger partial charge in [0.15, 0.2) is 0 Å². The highest BCUT2D eigenvalue weighted by molar-refractivity contribution is 4.67. The molecule has 5 nitrogen and oxygen atoms in total. The molecule has 0 aromatic rings. The van der Waals surface area contributed by atoms with Crippen LogP contribution in [0.25, 0.3) is 0 Å². The molecular formula is C11H26N2O3. The molecule has 0 saturated carbocycles. The number of likely N-dealkylation sites (N-methyl/N-ethyl adjacent to an activating group) is 2. The molecule has 2 N–H and O–H groups in total. The highest BCUT2D eigenvalue weighted by Crippen LogP contribution is 2.04. The van der Waals surface area contributed by atoms with Gasteiger partial charge >= 0.3 is 0 Å². The molecule has 0 bridgehead atoms. The van der Waals surface area contributed by atoms with Gasteiger partial charge in [0.1, 0.15) is 0 Å². The molecule has 0 amide bonds. The Morgan fingerprint density at radius 1 is 1.12 bits per heavy atom. The fourth-order valence-electron chi connectivity index (χ4n) is 1.38. The molecule has 0 radical (unpaired) electrons. The summed E-state index contributed by atoms with van der Waals surface area (Å²) in [5.41, 5.74) is 0. The third-order valence-electron chi connectivity index (χ3n) is 2.21. The van der Waals surface area contributed by atoms with E-state index in [9.17, 15) is 5.11 Å². The molecule has 0 saturated heterocycles. The average Bonchev–Trinajstić information content (AvgIpc) is 2.15. The molecule has 0 aliphatic rings. The van der Waals surface area contributed by atoms with Crippen molar-refractivity contribution in [3.05, 3.63) is 0 Å². The van der Waals surface area contributed by atoms with E-state index in [2.05, 4.69) is 4.90 Å². The summed E-state index contributed by atoms with van der Waals surface area (Å²) in [6, 6.07) is 0. The predicted octanol–water partition coefficient (Wildman–Crippen LogP) is -0.762. The van der Waals surface area contributed by atoms with Crippen molar-refractivity contribution in [3.63, 3.8) is 0 Å². The molecule has 2 unspecified atom stereocenters. The summed E-state index contributed by atoms with van der Waals surface area (Å²) < 4.78 is 5.68. The second kappa shape index (κ2) is 8.90. The van der Waals surface area contributed by atoms with Crippen LogP contribution in [-0.2, 0) is 4.74 Å². The summed E-state index contributed by atoms with van der Waals surface area (Å²) in [6.45, 7) is 2.05.